The number of aromatic nitrogens is 4. The molecule has 0 aliphatic carbocycles. The Morgan fingerprint density at radius 1 is 1.26 bits per heavy atom. The summed E-state index contributed by atoms with van der Waals surface area (Å²) >= 11 is 4.36. The molecule has 0 spiro atoms. The van der Waals surface area contributed by atoms with E-state index < -0.39 is 12.6 Å². The summed E-state index contributed by atoms with van der Waals surface area (Å²) in [6.07, 6.45) is 1.77. The Bertz CT molecular complexity index is 1090. The molecule has 35 heavy (non-hydrogen) atoms. The predicted molar refractivity (Wildman–Crippen MR) is 136 cm³/mol. The lowest BCUT2D eigenvalue weighted by Gasteiger charge is -2.29. The van der Waals surface area contributed by atoms with Crippen molar-refractivity contribution in [2.45, 2.75) is 60.2 Å². The monoisotopic (exact) mass is 513 g/mol. The number of carbonyl (C=O) groups is 1. The number of thiol groups is 1. The average Bonchev–Trinajstić information content (AvgIpc) is 3.41. The number of amides is 1. The van der Waals surface area contributed by atoms with E-state index in [0.717, 1.165) is 48.8 Å². The zero-order chi connectivity index (χ0) is 27.2. The van der Waals surface area contributed by atoms with Crippen LogP contribution < -0.4 is 10.6 Å². The number of alkyl halides is 3. The predicted octanol–water partition coefficient (Wildman–Crippen LogP) is 5.01. The van der Waals surface area contributed by atoms with Crippen molar-refractivity contribution in [1.29, 1.82) is 5.26 Å². The van der Waals surface area contributed by atoms with Crippen LogP contribution in [-0.2, 0) is 24.8 Å². The minimum absolute atomic E-state index is 0.250. The highest BCUT2D eigenvalue weighted by Crippen LogP contribution is 2.30. The number of carbonyl (C=O) groups excluding carboxylic acids is 1. The van der Waals surface area contributed by atoms with E-state index in [0.29, 0.717) is 0 Å². The number of aryl methyl sites for hydroxylation is 1. The van der Waals surface area contributed by atoms with Crippen LogP contribution in [0.25, 0.3) is 11.0 Å². The van der Waals surface area contributed by atoms with E-state index in [-0.39, 0.29) is 6.41 Å². The minimum atomic E-state index is -3.96. The molecule has 1 aliphatic heterocycles. The molecule has 0 fully saturated rings. The third-order valence-corrected chi connectivity index (χ3v) is 4.98. The van der Waals surface area contributed by atoms with Crippen LogP contribution in [0.2, 0.25) is 0 Å². The molecule has 1 amide bonds. The lowest BCUT2D eigenvalue weighted by molar-refractivity contribution is -0.130. The molecule has 0 saturated carbocycles. The number of halogens is 3. The second-order valence-electron chi connectivity index (χ2n) is 6.56. The largest absolute Gasteiger partial charge is 0.388 e. The lowest BCUT2D eigenvalue weighted by Crippen LogP contribution is -2.32. The number of hydrogen-bond donors (Lipinski definition) is 2. The molecule has 4 heterocycles. The minimum Gasteiger partial charge on any atom is -0.372 e. The first-order valence-electron chi connectivity index (χ1n) is 11.2. The molecule has 0 radical (unpaired) electrons. The van der Waals surface area contributed by atoms with Crippen LogP contribution in [-0.4, -0.2) is 37.6 Å². The van der Waals surface area contributed by atoms with Crippen LogP contribution in [0.15, 0.2) is 24.8 Å². The van der Waals surface area contributed by atoms with Gasteiger partial charge in [0, 0.05) is 38.1 Å². The van der Waals surface area contributed by atoms with E-state index >= 15 is 0 Å². The van der Waals surface area contributed by atoms with Crippen LogP contribution in [0.3, 0.4) is 0 Å². The second kappa shape index (κ2) is 15.7. The maximum absolute atomic E-state index is 10.8. The van der Waals surface area contributed by atoms with Gasteiger partial charge in [-0.05, 0) is 18.1 Å². The van der Waals surface area contributed by atoms with Crippen LogP contribution in [0.1, 0.15) is 57.9 Å². The topological polar surface area (TPSA) is 106 Å². The van der Waals surface area contributed by atoms with Crippen molar-refractivity contribution in [3.05, 3.63) is 41.6 Å². The Morgan fingerprint density at radius 2 is 1.83 bits per heavy atom. The summed E-state index contributed by atoms with van der Waals surface area (Å²) in [6.45, 7) is 10.7. The third kappa shape index (κ3) is 8.83. The van der Waals surface area contributed by atoms with Gasteiger partial charge < -0.3 is 15.2 Å². The van der Waals surface area contributed by atoms with Gasteiger partial charge in [0.25, 0.3) is 0 Å². The molecule has 0 atom stereocenters. The Labute approximate surface area is 210 Å². The SMILES string of the molecule is CC.CC.CCC(F)(F)F.Cn1cc(C#N)c2c1CN(c1ncnc3c1ccn3S)CC2.NC=O. The van der Waals surface area contributed by atoms with Crippen LogP contribution >= 0.6 is 12.8 Å². The highest BCUT2D eigenvalue weighted by atomic mass is 32.1. The highest BCUT2D eigenvalue weighted by Gasteiger charge is 2.25. The summed E-state index contributed by atoms with van der Waals surface area (Å²) in [5.41, 5.74) is 8.11. The fourth-order valence-corrected chi connectivity index (χ4v) is 3.39. The molecule has 194 valence electrons. The first-order valence-corrected chi connectivity index (χ1v) is 11.6. The molecule has 0 bridgehead atoms. The Hall–Kier alpha value is -3.20. The summed E-state index contributed by atoms with van der Waals surface area (Å²) in [6, 6.07) is 4.27. The molecular weight excluding hydrogens is 479 g/mol. The number of primary amides is 1. The molecule has 0 unspecified atom stereocenters. The Kier molecular flexibility index (Phi) is 14.2. The van der Waals surface area contributed by atoms with Gasteiger partial charge in [0.2, 0.25) is 6.41 Å². The van der Waals surface area contributed by atoms with Gasteiger partial charge in [-0.2, -0.15) is 18.4 Å². The number of rotatable bonds is 1. The number of nitriles is 1. The smallest absolute Gasteiger partial charge is 0.372 e. The molecule has 8 nitrogen and oxygen atoms in total. The summed E-state index contributed by atoms with van der Waals surface area (Å²) in [4.78, 5) is 19.6. The molecule has 2 N–H and O–H groups in total. The highest BCUT2D eigenvalue weighted by molar-refractivity contribution is 7.78. The Balaban J connectivity index is 0.000000754. The average molecular weight is 514 g/mol. The van der Waals surface area contributed by atoms with E-state index in [4.69, 9.17) is 4.79 Å². The number of nitrogens with two attached hydrogens (primary N) is 1. The first kappa shape index (κ1) is 31.8. The van der Waals surface area contributed by atoms with Gasteiger partial charge in [0.05, 0.1) is 17.5 Å². The van der Waals surface area contributed by atoms with Crippen molar-refractivity contribution < 1.29 is 18.0 Å². The standard InChI is InChI=1S/C15H14N6S.C3H5F3.2C2H6.CH3NO/c1-19-7-10(6-16)11-2-4-20(8-13(11)19)14-12-3-5-21(22)15(12)18-9-17-14;1-2-3(4,5)6;2*1-2;2-1-3/h3,5,7,9,22H,2,4,8H2,1H3;2H2,1H3;2*1-2H3;1H,(H2,2,3). The quantitative estimate of drug-likeness (QED) is 0.352. The maximum Gasteiger partial charge on any atom is 0.388 e. The summed E-state index contributed by atoms with van der Waals surface area (Å²) in [5, 5.41) is 10.2. The van der Waals surface area contributed by atoms with Crippen molar-refractivity contribution in [2.75, 3.05) is 11.4 Å². The fraction of sp³-hybridized carbons (Fsp3) is 0.478. The van der Waals surface area contributed by atoms with Gasteiger partial charge in [-0.25, -0.2) is 9.97 Å². The van der Waals surface area contributed by atoms with Crippen LogP contribution in [0.5, 0.6) is 0 Å². The summed E-state index contributed by atoms with van der Waals surface area (Å²) < 4.78 is 36.1. The lowest BCUT2D eigenvalue weighted by atomic mass is 10.0. The number of fused-ring (bicyclic) bond motifs is 2. The van der Waals surface area contributed by atoms with E-state index in [1.54, 1.807) is 10.3 Å². The van der Waals surface area contributed by atoms with E-state index in [1.165, 1.54) is 11.3 Å². The van der Waals surface area contributed by atoms with Gasteiger partial charge >= 0.3 is 6.18 Å². The van der Waals surface area contributed by atoms with Gasteiger partial charge in [-0.3, -0.25) is 8.77 Å². The van der Waals surface area contributed by atoms with Crippen LogP contribution in [0.4, 0.5) is 19.0 Å². The fourth-order valence-electron chi connectivity index (χ4n) is 3.16. The number of anilines is 1. The third-order valence-electron chi connectivity index (χ3n) is 4.66. The normalized spacial score (nSPS) is 11.6. The number of hydrogen-bond acceptors (Lipinski definition) is 6. The molecule has 12 heteroatoms. The molecule has 3 aromatic rings. The molecule has 1 aliphatic rings. The van der Waals surface area contributed by atoms with Crippen LogP contribution in [0, 0.1) is 11.3 Å². The summed E-state index contributed by atoms with van der Waals surface area (Å²) in [7, 11) is 1.99. The van der Waals surface area contributed by atoms with Crippen molar-refractivity contribution in [1.82, 2.24) is 18.5 Å². The molecule has 3 aromatic heterocycles. The van der Waals surface area contributed by atoms with Crippen molar-refractivity contribution in [2.24, 2.45) is 12.8 Å². The maximum atomic E-state index is 10.8. The van der Waals surface area contributed by atoms with Gasteiger partial charge in [-0.1, -0.05) is 47.4 Å². The molecule has 0 saturated heterocycles. The van der Waals surface area contributed by atoms with Crippen molar-refractivity contribution in [3.8, 4) is 6.07 Å². The Morgan fingerprint density at radius 3 is 2.34 bits per heavy atom. The van der Waals surface area contributed by atoms with E-state index in [9.17, 15) is 18.4 Å². The zero-order valence-electron chi connectivity index (χ0n) is 21.0. The van der Waals surface area contributed by atoms with Gasteiger partial charge in [0.15, 0.2) is 5.65 Å². The molecule has 4 rings (SSSR count). The van der Waals surface area contributed by atoms with E-state index in [2.05, 4.69) is 39.5 Å². The van der Waals surface area contributed by atoms with Gasteiger partial charge in [-0.15, -0.1) is 0 Å². The van der Waals surface area contributed by atoms with E-state index in [1.807, 2.05) is 57.8 Å². The van der Waals surface area contributed by atoms with Gasteiger partial charge in [0.1, 0.15) is 18.2 Å². The zero-order valence-corrected chi connectivity index (χ0v) is 21.9. The first-order chi connectivity index (χ1) is 16.7. The number of nitrogens with zero attached hydrogens (tertiary/aromatic N) is 6. The van der Waals surface area contributed by atoms with Crippen molar-refractivity contribution in [3.63, 3.8) is 0 Å². The van der Waals surface area contributed by atoms with Crippen molar-refractivity contribution >= 4 is 36.1 Å². The molecular formula is C23H34F3N7OS. The summed E-state index contributed by atoms with van der Waals surface area (Å²) in [5.74, 6) is 0.920. The second-order valence-corrected chi connectivity index (χ2v) is 6.99. The molecule has 0 aromatic carbocycles.